The summed E-state index contributed by atoms with van der Waals surface area (Å²) < 4.78 is 10.8. The first-order valence-electron chi connectivity index (χ1n) is 6.31. The van der Waals surface area contributed by atoms with Gasteiger partial charge in [0.25, 0.3) is 0 Å². The van der Waals surface area contributed by atoms with Crippen molar-refractivity contribution in [2.75, 3.05) is 19.8 Å². The van der Waals surface area contributed by atoms with Crippen molar-refractivity contribution in [1.29, 1.82) is 0 Å². The minimum atomic E-state index is -0.444. The maximum Gasteiger partial charge on any atom is 0.158 e. The van der Waals surface area contributed by atoms with E-state index in [1.807, 2.05) is 0 Å². The van der Waals surface area contributed by atoms with Crippen LogP contribution in [0.3, 0.4) is 0 Å². The largest absolute Gasteiger partial charge is 0.396 e. The molecule has 1 aliphatic heterocycles. The van der Waals surface area contributed by atoms with E-state index >= 15 is 0 Å². The Hall–Kier alpha value is -0.600. The van der Waals surface area contributed by atoms with E-state index in [-0.39, 0.29) is 12.9 Å². The Kier molecular flexibility index (Phi) is 8.02. The monoisotopic (exact) mass is 242 g/mol. The summed E-state index contributed by atoms with van der Waals surface area (Å²) in [5.41, 5.74) is 0. The van der Waals surface area contributed by atoms with Gasteiger partial charge in [-0.15, -0.1) is 0 Å². The van der Waals surface area contributed by atoms with Gasteiger partial charge in [-0.05, 0) is 32.1 Å². The van der Waals surface area contributed by atoms with E-state index in [2.05, 4.69) is 11.8 Å². The van der Waals surface area contributed by atoms with E-state index in [1.165, 1.54) is 0 Å². The highest BCUT2D eigenvalue weighted by molar-refractivity contribution is 5.00. The molecule has 0 aromatic rings. The Balaban J connectivity index is 2.01. The Morgan fingerprint density at radius 2 is 2.24 bits per heavy atom. The van der Waals surface area contributed by atoms with Crippen molar-refractivity contribution in [2.24, 2.45) is 0 Å². The van der Waals surface area contributed by atoms with E-state index < -0.39 is 6.10 Å². The lowest BCUT2D eigenvalue weighted by Gasteiger charge is -2.21. The SMILES string of the molecule is OCCCC(O)CC#CCOC1CCCCO1. The lowest BCUT2D eigenvalue weighted by Crippen LogP contribution is -2.22. The quantitative estimate of drug-likeness (QED) is 0.684. The molecule has 4 heteroatoms. The van der Waals surface area contributed by atoms with Crippen LogP contribution < -0.4 is 0 Å². The van der Waals surface area contributed by atoms with Crippen molar-refractivity contribution < 1.29 is 19.7 Å². The molecule has 0 aromatic carbocycles. The number of rotatable bonds is 6. The van der Waals surface area contributed by atoms with Crippen LogP contribution in [0.1, 0.15) is 38.5 Å². The summed E-state index contributed by atoms with van der Waals surface area (Å²) in [6, 6.07) is 0. The first kappa shape index (κ1) is 14.5. The summed E-state index contributed by atoms with van der Waals surface area (Å²) in [5, 5.41) is 18.0. The topological polar surface area (TPSA) is 58.9 Å². The number of aliphatic hydroxyl groups is 2. The summed E-state index contributed by atoms with van der Waals surface area (Å²) in [7, 11) is 0. The second-order valence-electron chi connectivity index (χ2n) is 4.18. The summed E-state index contributed by atoms with van der Waals surface area (Å²) in [6.07, 6.45) is 4.32. The fraction of sp³-hybridized carbons (Fsp3) is 0.846. The molecule has 0 bridgehead atoms. The third-order valence-electron chi connectivity index (χ3n) is 2.64. The van der Waals surface area contributed by atoms with Crippen LogP contribution >= 0.6 is 0 Å². The van der Waals surface area contributed by atoms with Crippen molar-refractivity contribution in [3.8, 4) is 11.8 Å². The van der Waals surface area contributed by atoms with E-state index in [9.17, 15) is 5.11 Å². The summed E-state index contributed by atoms with van der Waals surface area (Å²) in [6.45, 7) is 1.25. The van der Waals surface area contributed by atoms with Crippen molar-refractivity contribution in [2.45, 2.75) is 50.9 Å². The maximum atomic E-state index is 9.45. The van der Waals surface area contributed by atoms with E-state index in [0.717, 1.165) is 25.9 Å². The highest BCUT2D eigenvalue weighted by Gasteiger charge is 2.12. The molecule has 0 saturated carbocycles. The van der Waals surface area contributed by atoms with Gasteiger partial charge in [0.05, 0.1) is 6.10 Å². The Morgan fingerprint density at radius 3 is 2.94 bits per heavy atom. The molecule has 98 valence electrons. The highest BCUT2D eigenvalue weighted by atomic mass is 16.7. The number of aliphatic hydroxyl groups excluding tert-OH is 2. The maximum absolute atomic E-state index is 9.45. The van der Waals surface area contributed by atoms with Gasteiger partial charge in [0, 0.05) is 19.6 Å². The highest BCUT2D eigenvalue weighted by Crippen LogP contribution is 2.13. The number of hydrogen-bond donors (Lipinski definition) is 2. The van der Waals surface area contributed by atoms with Crippen molar-refractivity contribution >= 4 is 0 Å². The average Bonchev–Trinajstić information content (AvgIpc) is 2.37. The molecule has 0 aromatic heterocycles. The van der Waals surface area contributed by atoms with Crippen LogP contribution in [0.5, 0.6) is 0 Å². The van der Waals surface area contributed by atoms with Gasteiger partial charge < -0.3 is 19.7 Å². The molecule has 0 radical (unpaired) electrons. The molecule has 0 aliphatic carbocycles. The van der Waals surface area contributed by atoms with Gasteiger partial charge in [-0.2, -0.15) is 0 Å². The third kappa shape index (κ3) is 7.35. The van der Waals surface area contributed by atoms with Crippen LogP contribution in [0.2, 0.25) is 0 Å². The lowest BCUT2D eigenvalue weighted by molar-refractivity contribution is -0.154. The second-order valence-corrected chi connectivity index (χ2v) is 4.18. The van der Waals surface area contributed by atoms with Crippen LogP contribution in [0.15, 0.2) is 0 Å². The van der Waals surface area contributed by atoms with Gasteiger partial charge >= 0.3 is 0 Å². The minimum Gasteiger partial charge on any atom is -0.396 e. The van der Waals surface area contributed by atoms with E-state index in [1.54, 1.807) is 0 Å². The Morgan fingerprint density at radius 1 is 1.35 bits per heavy atom. The Bertz CT molecular complexity index is 238. The average molecular weight is 242 g/mol. The molecular weight excluding hydrogens is 220 g/mol. The van der Waals surface area contributed by atoms with Gasteiger partial charge in [-0.3, -0.25) is 0 Å². The zero-order valence-electron chi connectivity index (χ0n) is 10.2. The van der Waals surface area contributed by atoms with Gasteiger partial charge in [-0.1, -0.05) is 11.8 Å². The van der Waals surface area contributed by atoms with Crippen LogP contribution in [0.4, 0.5) is 0 Å². The van der Waals surface area contributed by atoms with Crippen LogP contribution in [-0.4, -0.2) is 42.4 Å². The molecule has 17 heavy (non-hydrogen) atoms. The fourth-order valence-corrected chi connectivity index (χ4v) is 1.65. The standard InChI is InChI=1S/C13H22O4/c14-9-5-7-12(15)6-1-3-10-16-13-8-2-4-11-17-13/h12-15H,2,4-11H2. The normalized spacial score (nSPS) is 21.6. The first-order valence-corrected chi connectivity index (χ1v) is 6.31. The van der Waals surface area contributed by atoms with Crippen molar-refractivity contribution in [1.82, 2.24) is 0 Å². The first-order chi connectivity index (χ1) is 8.33. The minimum absolute atomic E-state index is 0.0997. The third-order valence-corrected chi connectivity index (χ3v) is 2.64. The smallest absolute Gasteiger partial charge is 0.158 e. The number of ether oxygens (including phenoxy) is 2. The summed E-state index contributed by atoms with van der Waals surface area (Å²) in [5.74, 6) is 5.74. The summed E-state index contributed by atoms with van der Waals surface area (Å²) >= 11 is 0. The molecular formula is C13H22O4. The predicted octanol–water partition coefficient (Wildman–Crippen LogP) is 1.06. The molecule has 1 fully saturated rings. The van der Waals surface area contributed by atoms with Gasteiger partial charge in [-0.25, -0.2) is 0 Å². The van der Waals surface area contributed by atoms with E-state index in [0.29, 0.717) is 25.9 Å². The molecule has 4 nitrogen and oxygen atoms in total. The van der Waals surface area contributed by atoms with Crippen LogP contribution in [0.25, 0.3) is 0 Å². The molecule has 0 spiro atoms. The van der Waals surface area contributed by atoms with Crippen LogP contribution in [0, 0.1) is 11.8 Å². The summed E-state index contributed by atoms with van der Waals surface area (Å²) in [4.78, 5) is 0. The molecule has 2 N–H and O–H groups in total. The predicted molar refractivity (Wildman–Crippen MR) is 64.3 cm³/mol. The molecule has 1 heterocycles. The van der Waals surface area contributed by atoms with Gasteiger partial charge in [0.1, 0.15) is 6.61 Å². The number of hydrogen-bond acceptors (Lipinski definition) is 4. The molecule has 2 atom stereocenters. The zero-order valence-corrected chi connectivity index (χ0v) is 10.2. The molecule has 0 amide bonds. The van der Waals surface area contributed by atoms with Crippen molar-refractivity contribution in [3.63, 3.8) is 0 Å². The second kappa shape index (κ2) is 9.43. The van der Waals surface area contributed by atoms with Gasteiger partial charge in [0.2, 0.25) is 0 Å². The van der Waals surface area contributed by atoms with Crippen LogP contribution in [-0.2, 0) is 9.47 Å². The Labute approximate surface area is 103 Å². The lowest BCUT2D eigenvalue weighted by atomic mass is 10.1. The zero-order chi connectivity index (χ0) is 12.3. The molecule has 2 unspecified atom stereocenters. The van der Waals surface area contributed by atoms with E-state index in [4.69, 9.17) is 14.6 Å². The molecule has 1 rings (SSSR count). The van der Waals surface area contributed by atoms with Gasteiger partial charge in [0.15, 0.2) is 6.29 Å². The van der Waals surface area contributed by atoms with Crippen molar-refractivity contribution in [3.05, 3.63) is 0 Å². The molecule has 1 aliphatic rings. The molecule has 1 saturated heterocycles. The fourth-order valence-electron chi connectivity index (χ4n) is 1.65.